The minimum Gasteiger partial charge on any atom is -0.338 e. The number of aromatic nitrogens is 4. The van der Waals surface area contributed by atoms with Crippen molar-refractivity contribution in [1.29, 1.82) is 0 Å². The number of aromatic amines is 1. The van der Waals surface area contributed by atoms with E-state index in [-0.39, 0.29) is 5.02 Å². The number of H-pyrrole nitrogens is 1. The van der Waals surface area contributed by atoms with Gasteiger partial charge in [0.2, 0.25) is 0 Å². The smallest absolute Gasteiger partial charge is 0.142 e. The maximum absolute atomic E-state index is 14.0. The van der Waals surface area contributed by atoms with Gasteiger partial charge in [-0.1, -0.05) is 23.2 Å². The SMILES string of the molecule is Fc1ccc(Cl)c(-c2nc3c([nH]2)-c2ccncc2Nc2ncccc2-3)c1Cl. The van der Waals surface area contributed by atoms with E-state index in [1.807, 2.05) is 18.2 Å². The first-order valence-electron chi connectivity index (χ1n) is 8.04. The van der Waals surface area contributed by atoms with Crippen LogP contribution in [0.2, 0.25) is 10.0 Å². The molecule has 0 bridgehead atoms. The van der Waals surface area contributed by atoms with Gasteiger partial charge >= 0.3 is 0 Å². The molecular formula is C19H10Cl2FN5. The number of nitrogens with zero attached hydrogens (tertiary/aromatic N) is 3. The van der Waals surface area contributed by atoms with Crippen LogP contribution >= 0.6 is 23.2 Å². The topological polar surface area (TPSA) is 66.5 Å². The Morgan fingerprint density at radius 2 is 1.89 bits per heavy atom. The fourth-order valence-corrected chi connectivity index (χ4v) is 3.71. The summed E-state index contributed by atoms with van der Waals surface area (Å²) in [7, 11) is 0. The molecule has 0 saturated heterocycles. The number of hydrogen-bond donors (Lipinski definition) is 2. The Labute approximate surface area is 163 Å². The Morgan fingerprint density at radius 1 is 1.00 bits per heavy atom. The largest absolute Gasteiger partial charge is 0.338 e. The van der Waals surface area contributed by atoms with Gasteiger partial charge in [0.1, 0.15) is 23.2 Å². The van der Waals surface area contributed by atoms with Gasteiger partial charge in [0, 0.05) is 23.5 Å². The number of pyridine rings is 2. The predicted molar refractivity (Wildman–Crippen MR) is 104 cm³/mol. The number of fused-ring (bicyclic) bond motifs is 5. The molecule has 27 heavy (non-hydrogen) atoms. The fourth-order valence-electron chi connectivity index (χ4n) is 3.16. The number of anilines is 2. The number of halogens is 3. The Bertz CT molecular complexity index is 1140. The highest BCUT2D eigenvalue weighted by Crippen LogP contribution is 2.44. The number of benzene rings is 1. The highest BCUT2D eigenvalue weighted by molar-refractivity contribution is 6.39. The van der Waals surface area contributed by atoms with E-state index in [1.54, 1.807) is 18.6 Å². The van der Waals surface area contributed by atoms with Gasteiger partial charge in [-0.25, -0.2) is 14.4 Å². The van der Waals surface area contributed by atoms with Crippen LogP contribution in [-0.4, -0.2) is 19.9 Å². The second-order valence-corrected chi connectivity index (χ2v) is 6.76. The molecule has 1 aromatic carbocycles. The van der Waals surface area contributed by atoms with E-state index in [1.165, 1.54) is 12.1 Å². The van der Waals surface area contributed by atoms with Crippen LogP contribution in [0, 0.1) is 5.82 Å². The molecule has 8 heteroatoms. The Kier molecular flexibility index (Phi) is 3.63. The highest BCUT2D eigenvalue weighted by Gasteiger charge is 2.25. The Hall–Kier alpha value is -2.96. The van der Waals surface area contributed by atoms with Crippen LogP contribution in [0.5, 0.6) is 0 Å². The normalized spacial score (nSPS) is 11.8. The third-order valence-corrected chi connectivity index (χ3v) is 5.08. The molecule has 5 nitrogen and oxygen atoms in total. The molecule has 0 aliphatic carbocycles. The van der Waals surface area contributed by atoms with E-state index in [4.69, 9.17) is 28.2 Å². The molecule has 0 amide bonds. The summed E-state index contributed by atoms with van der Waals surface area (Å²) in [5, 5.41) is 3.51. The maximum atomic E-state index is 14.0. The van der Waals surface area contributed by atoms with Gasteiger partial charge in [0.15, 0.2) is 0 Å². The first-order valence-corrected chi connectivity index (χ1v) is 8.80. The summed E-state index contributed by atoms with van der Waals surface area (Å²) in [6, 6.07) is 8.29. The van der Waals surface area contributed by atoms with Gasteiger partial charge in [0.25, 0.3) is 0 Å². The maximum Gasteiger partial charge on any atom is 0.142 e. The van der Waals surface area contributed by atoms with Crippen LogP contribution in [0.1, 0.15) is 0 Å². The lowest BCUT2D eigenvalue weighted by atomic mass is 10.1. The zero-order chi connectivity index (χ0) is 18.5. The van der Waals surface area contributed by atoms with Crippen LogP contribution in [0.15, 0.2) is 48.9 Å². The first-order chi connectivity index (χ1) is 13.1. The van der Waals surface area contributed by atoms with E-state index >= 15 is 0 Å². The molecule has 4 aromatic rings. The molecule has 2 N–H and O–H groups in total. The van der Waals surface area contributed by atoms with Crippen LogP contribution in [0.3, 0.4) is 0 Å². The van der Waals surface area contributed by atoms with E-state index in [9.17, 15) is 4.39 Å². The summed E-state index contributed by atoms with van der Waals surface area (Å²) in [6.07, 6.45) is 5.10. The van der Waals surface area contributed by atoms with E-state index in [0.29, 0.717) is 27.9 Å². The molecule has 0 fully saturated rings. The molecule has 0 saturated carbocycles. The van der Waals surface area contributed by atoms with Crippen LogP contribution in [0.4, 0.5) is 15.9 Å². The van der Waals surface area contributed by atoms with Gasteiger partial charge in [-0.2, -0.15) is 0 Å². The van der Waals surface area contributed by atoms with Crippen molar-refractivity contribution in [3.8, 4) is 33.9 Å². The van der Waals surface area contributed by atoms with Crippen molar-refractivity contribution in [3.63, 3.8) is 0 Å². The molecule has 4 heterocycles. The van der Waals surface area contributed by atoms with Gasteiger partial charge in [-0.05, 0) is 30.3 Å². The quantitative estimate of drug-likeness (QED) is 0.355. The molecule has 1 aliphatic rings. The minimum atomic E-state index is -0.559. The summed E-state index contributed by atoms with van der Waals surface area (Å²) in [5.74, 6) is 0.477. The molecule has 3 aromatic heterocycles. The second kappa shape index (κ2) is 6.04. The van der Waals surface area contributed by atoms with Gasteiger partial charge in [-0.15, -0.1) is 0 Å². The lowest BCUT2D eigenvalue weighted by Gasteiger charge is -2.08. The summed E-state index contributed by atoms with van der Waals surface area (Å²) in [4.78, 5) is 16.5. The van der Waals surface area contributed by atoms with Crippen molar-refractivity contribution in [2.24, 2.45) is 0 Å². The number of hydrogen-bond acceptors (Lipinski definition) is 4. The van der Waals surface area contributed by atoms with Gasteiger partial charge < -0.3 is 10.3 Å². The monoisotopic (exact) mass is 397 g/mol. The summed E-state index contributed by atoms with van der Waals surface area (Å²) < 4.78 is 14.0. The van der Waals surface area contributed by atoms with Crippen LogP contribution in [-0.2, 0) is 0 Å². The second-order valence-electron chi connectivity index (χ2n) is 5.97. The lowest BCUT2D eigenvalue weighted by molar-refractivity contribution is 0.628. The van der Waals surface area contributed by atoms with Crippen molar-refractivity contribution in [1.82, 2.24) is 19.9 Å². The molecule has 0 unspecified atom stereocenters. The molecule has 0 radical (unpaired) electrons. The number of rotatable bonds is 1. The molecule has 5 rings (SSSR count). The lowest BCUT2D eigenvalue weighted by Crippen LogP contribution is -1.96. The molecule has 132 valence electrons. The summed E-state index contributed by atoms with van der Waals surface area (Å²) in [5.41, 5.74) is 4.18. The van der Waals surface area contributed by atoms with Crippen molar-refractivity contribution < 1.29 is 4.39 Å². The van der Waals surface area contributed by atoms with Crippen molar-refractivity contribution in [2.45, 2.75) is 0 Å². The van der Waals surface area contributed by atoms with Gasteiger partial charge in [0.05, 0.1) is 33.2 Å². The van der Waals surface area contributed by atoms with Crippen LogP contribution < -0.4 is 5.32 Å². The average Bonchev–Trinajstić information content (AvgIpc) is 3.05. The molecule has 0 atom stereocenters. The van der Waals surface area contributed by atoms with Gasteiger partial charge in [-0.3, -0.25) is 4.98 Å². The number of imidazole rings is 1. The Morgan fingerprint density at radius 3 is 2.78 bits per heavy atom. The average molecular weight is 398 g/mol. The summed E-state index contributed by atoms with van der Waals surface area (Å²) in [6.45, 7) is 0. The fraction of sp³-hybridized carbons (Fsp3) is 0. The first kappa shape index (κ1) is 16.2. The third kappa shape index (κ3) is 2.49. The third-order valence-electron chi connectivity index (χ3n) is 4.39. The zero-order valence-electron chi connectivity index (χ0n) is 13.6. The van der Waals surface area contributed by atoms with Crippen molar-refractivity contribution in [2.75, 3.05) is 5.32 Å². The minimum absolute atomic E-state index is 0.0779. The zero-order valence-corrected chi connectivity index (χ0v) is 15.1. The molecule has 0 spiro atoms. The predicted octanol–water partition coefficient (Wildman–Crippen LogP) is 5.70. The van der Waals surface area contributed by atoms with E-state index < -0.39 is 5.82 Å². The van der Waals surface area contributed by atoms with E-state index in [2.05, 4.69) is 20.3 Å². The molecule has 1 aliphatic heterocycles. The summed E-state index contributed by atoms with van der Waals surface area (Å²) >= 11 is 12.5. The number of nitrogens with one attached hydrogen (secondary N) is 2. The van der Waals surface area contributed by atoms with Crippen molar-refractivity contribution in [3.05, 3.63) is 64.8 Å². The Balaban J connectivity index is 1.84. The van der Waals surface area contributed by atoms with E-state index in [0.717, 1.165) is 22.5 Å². The van der Waals surface area contributed by atoms with Crippen LogP contribution in [0.25, 0.3) is 33.9 Å². The standard InChI is InChI=1S/C19H10Cl2FN5/c20-11-3-4-12(22)15(21)14(11)19-26-16-9-5-7-23-8-13(9)25-18-10(17(16)27-19)2-1-6-24-18/h1-8H,(H,24,25)(H,26,27). The highest BCUT2D eigenvalue weighted by atomic mass is 35.5. The van der Waals surface area contributed by atoms with Crippen molar-refractivity contribution >= 4 is 34.7 Å². The molecular weight excluding hydrogens is 388 g/mol.